The van der Waals surface area contributed by atoms with Crippen molar-refractivity contribution >= 4 is 23.0 Å². The van der Waals surface area contributed by atoms with E-state index >= 15 is 0 Å². The van der Waals surface area contributed by atoms with Crippen LogP contribution in [0, 0.1) is 0 Å². The Morgan fingerprint density at radius 1 is 1.28 bits per heavy atom. The summed E-state index contributed by atoms with van der Waals surface area (Å²) in [7, 11) is 1.82. The SMILES string of the molecule is CCc1nc(CNC(=NC)N2CCN(c3ccccc3O)CC2)cs1. The van der Waals surface area contributed by atoms with Gasteiger partial charge in [-0.05, 0) is 18.6 Å². The fraction of sp³-hybridized carbons (Fsp3) is 0.444. The van der Waals surface area contributed by atoms with Crippen molar-refractivity contribution in [2.45, 2.75) is 19.9 Å². The molecule has 2 aromatic rings. The average molecular weight is 359 g/mol. The summed E-state index contributed by atoms with van der Waals surface area (Å²) in [4.78, 5) is 13.5. The molecule has 0 bridgehead atoms. The summed E-state index contributed by atoms with van der Waals surface area (Å²) in [6, 6.07) is 7.51. The summed E-state index contributed by atoms with van der Waals surface area (Å²) in [6.45, 7) is 6.27. The largest absolute Gasteiger partial charge is 0.506 e. The standard InChI is InChI=1S/C18H25N5OS/c1-3-17-21-14(13-25-17)12-20-18(19-2)23-10-8-22(9-11-23)15-6-4-5-7-16(15)24/h4-7,13,24H,3,8-12H2,1-2H3,(H,19,20). The minimum absolute atomic E-state index is 0.341. The number of phenolic OH excluding ortho intramolecular Hbond substituents is 1. The highest BCUT2D eigenvalue weighted by Gasteiger charge is 2.21. The van der Waals surface area contributed by atoms with Crippen LogP contribution in [0.15, 0.2) is 34.6 Å². The average Bonchev–Trinajstić information content (AvgIpc) is 3.11. The minimum Gasteiger partial charge on any atom is -0.506 e. The number of aromatic hydroxyl groups is 1. The van der Waals surface area contributed by atoms with Gasteiger partial charge in [-0.1, -0.05) is 19.1 Å². The molecule has 1 saturated heterocycles. The lowest BCUT2D eigenvalue weighted by atomic mass is 10.2. The van der Waals surface area contributed by atoms with Gasteiger partial charge in [0.2, 0.25) is 0 Å². The van der Waals surface area contributed by atoms with Crippen LogP contribution < -0.4 is 10.2 Å². The third-order valence-electron chi connectivity index (χ3n) is 4.34. The topological polar surface area (TPSA) is 64.0 Å². The number of aromatic nitrogens is 1. The van der Waals surface area contributed by atoms with E-state index in [0.29, 0.717) is 12.3 Å². The maximum atomic E-state index is 10.0. The minimum atomic E-state index is 0.341. The first-order chi connectivity index (χ1) is 12.2. The summed E-state index contributed by atoms with van der Waals surface area (Å²) in [5.41, 5.74) is 1.97. The second kappa shape index (κ2) is 8.20. The summed E-state index contributed by atoms with van der Waals surface area (Å²) >= 11 is 1.71. The Morgan fingerprint density at radius 2 is 2.04 bits per heavy atom. The number of guanidine groups is 1. The van der Waals surface area contributed by atoms with Gasteiger partial charge in [-0.2, -0.15) is 0 Å². The third-order valence-corrected chi connectivity index (χ3v) is 5.38. The van der Waals surface area contributed by atoms with Crippen molar-refractivity contribution in [1.82, 2.24) is 15.2 Å². The van der Waals surface area contributed by atoms with Crippen molar-refractivity contribution in [2.75, 3.05) is 38.1 Å². The zero-order valence-electron chi connectivity index (χ0n) is 14.8. The molecule has 0 radical (unpaired) electrons. The second-order valence-corrected chi connectivity index (χ2v) is 6.89. The van der Waals surface area contributed by atoms with Crippen LogP contribution in [0.3, 0.4) is 0 Å². The molecule has 0 unspecified atom stereocenters. The predicted octanol–water partition coefficient (Wildman–Crippen LogP) is 2.31. The molecule has 3 rings (SSSR count). The number of rotatable bonds is 4. The molecule has 1 aromatic heterocycles. The Labute approximate surface area is 152 Å². The Morgan fingerprint density at radius 3 is 2.68 bits per heavy atom. The lowest BCUT2D eigenvalue weighted by Crippen LogP contribution is -2.52. The van der Waals surface area contributed by atoms with Gasteiger partial charge in [0.05, 0.1) is 22.9 Å². The highest BCUT2D eigenvalue weighted by Crippen LogP contribution is 2.27. The molecule has 1 fully saturated rings. The number of hydrogen-bond donors (Lipinski definition) is 2. The summed E-state index contributed by atoms with van der Waals surface area (Å²) in [6.07, 6.45) is 0.980. The number of hydrogen-bond acceptors (Lipinski definition) is 5. The number of anilines is 1. The first-order valence-electron chi connectivity index (χ1n) is 8.63. The molecule has 0 atom stereocenters. The smallest absolute Gasteiger partial charge is 0.194 e. The summed E-state index contributed by atoms with van der Waals surface area (Å²) < 4.78 is 0. The molecule has 0 saturated carbocycles. The van der Waals surface area contributed by atoms with Crippen LogP contribution in [-0.4, -0.2) is 54.2 Å². The van der Waals surface area contributed by atoms with Crippen LogP contribution in [-0.2, 0) is 13.0 Å². The molecule has 0 amide bonds. The van der Waals surface area contributed by atoms with Gasteiger partial charge in [0.1, 0.15) is 5.75 Å². The summed E-state index contributed by atoms with van der Waals surface area (Å²) in [5.74, 6) is 1.25. The van der Waals surface area contributed by atoms with Crippen molar-refractivity contribution in [2.24, 2.45) is 4.99 Å². The van der Waals surface area contributed by atoms with Crippen LogP contribution in [0.25, 0.3) is 0 Å². The molecule has 1 aliphatic heterocycles. The van der Waals surface area contributed by atoms with E-state index in [1.807, 2.05) is 25.2 Å². The molecule has 1 aliphatic rings. The maximum Gasteiger partial charge on any atom is 0.194 e. The van der Waals surface area contributed by atoms with Crippen molar-refractivity contribution in [3.8, 4) is 5.75 Å². The van der Waals surface area contributed by atoms with E-state index in [1.165, 1.54) is 5.01 Å². The van der Waals surface area contributed by atoms with Gasteiger partial charge < -0.3 is 20.2 Å². The van der Waals surface area contributed by atoms with E-state index in [-0.39, 0.29) is 0 Å². The first kappa shape index (κ1) is 17.5. The van der Waals surface area contributed by atoms with E-state index in [2.05, 4.69) is 37.4 Å². The molecule has 2 N–H and O–H groups in total. The van der Waals surface area contributed by atoms with Crippen LogP contribution in [0.1, 0.15) is 17.6 Å². The van der Waals surface area contributed by atoms with Crippen molar-refractivity contribution < 1.29 is 5.11 Å². The van der Waals surface area contributed by atoms with Crippen molar-refractivity contribution in [3.63, 3.8) is 0 Å². The van der Waals surface area contributed by atoms with Crippen LogP contribution in [0.5, 0.6) is 5.75 Å². The third kappa shape index (κ3) is 4.22. The lowest BCUT2D eigenvalue weighted by Gasteiger charge is -2.37. The number of aliphatic imine (C=N–C) groups is 1. The van der Waals surface area contributed by atoms with Gasteiger partial charge in [0.25, 0.3) is 0 Å². The fourth-order valence-corrected chi connectivity index (χ4v) is 3.73. The molecule has 134 valence electrons. The number of nitrogens with one attached hydrogen (secondary N) is 1. The maximum absolute atomic E-state index is 10.0. The molecule has 2 heterocycles. The van der Waals surface area contributed by atoms with Gasteiger partial charge in [-0.3, -0.25) is 4.99 Å². The zero-order valence-corrected chi connectivity index (χ0v) is 15.6. The number of aryl methyl sites for hydroxylation is 1. The Bertz CT molecular complexity index is 722. The van der Waals surface area contributed by atoms with E-state index in [9.17, 15) is 5.11 Å². The van der Waals surface area contributed by atoms with Crippen LogP contribution in [0.4, 0.5) is 5.69 Å². The summed E-state index contributed by atoms with van der Waals surface area (Å²) in [5, 5.41) is 16.7. The quantitative estimate of drug-likeness (QED) is 0.648. The van der Waals surface area contributed by atoms with E-state index < -0.39 is 0 Å². The first-order valence-corrected chi connectivity index (χ1v) is 9.51. The normalized spacial score (nSPS) is 15.5. The van der Waals surface area contributed by atoms with E-state index in [1.54, 1.807) is 17.4 Å². The van der Waals surface area contributed by atoms with Gasteiger partial charge in [0, 0.05) is 38.6 Å². The molecular formula is C18H25N5OS. The van der Waals surface area contributed by atoms with Gasteiger partial charge in [-0.15, -0.1) is 11.3 Å². The number of piperazine rings is 1. The molecule has 0 aliphatic carbocycles. The molecular weight excluding hydrogens is 334 g/mol. The van der Waals surface area contributed by atoms with E-state index in [4.69, 9.17) is 0 Å². The van der Waals surface area contributed by atoms with Crippen molar-refractivity contribution in [3.05, 3.63) is 40.3 Å². The molecule has 0 spiro atoms. The number of nitrogens with zero attached hydrogens (tertiary/aromatic N) is 4. The Hall–Kier alpha value is -2.28. The van der Waals surface area contributed by atoms with Gasteiger partial charge >= 0.3 is 0 Å². The zero-order chi connectivity index (χ0) is 17.6. The number of phenols is 1. The van der Waals surface area contributed by atoms with Crippen molar-refractivity contribution in [1.29, 1.82) is 0 Å². The predicted molar refractivity (Wildman–Crippen MR) is 104 cm³/mol. The Balaban J connectivity index is 1.54. The van der Waals surface area contributed by atoms with Crippen LogP contribution in [0.2, 0.25) is 0 Å². The molecule has 7 heteroatoms. The second-order valence-electron chi connectivity index (χ2n) is 5.95. The lowest BCUT2D eigenvalue weighted by molar-refractivity contribution is 0.369. The molecule has 6 nitrogen and oxygen atoms in total. The number of para-hydroxylation sites is 2. The Kier molecular flexibility index (Phi) is 5.75. The number of thiazole rings is 1. The highest BCUT2D eigenvalue weighted by molar-refractivity contribution is 7.09. The number of benzene rings is 1. The fourth-order valence-electron chi connectivity index (χ4n) is 2.99. The molecule has 25 heavy (non-hydrogen) atoms. The van der Waals surface area contributed by atoms with Gasteiger partial charge in [-0.25, -0.2) is 4.98 Å². The molecule has 1 aromatic carbocycles. The highest BCUT2D eigenvalue weighted by atomic mass is 32.1. The van der Waals surface area contributed by atoms with Crippen LogP contribution >= 0.6 is 11.3 Å². The van der Waals surface area contributed by atoms with E-state index in [0.717, 1.165) is 49.9 Å². The van der Waals surface area contributed by atoms with Gasteiger partial charge in [0.15, 0.2) is 5.96 Å². The monoisotopic (exact) mass is 359 g/mol.